The Kier molecular flexibility index (Phi) is 5.39. The van der Waals surface area contributed by atoms with E-state index >= 15 is 0 Å². The minimum absolute atomic E-state index is 0.0549. The highest BCUT2D eigenvalue weighted by Gasteiger charge is 2.35. The summed E-state index contributed by atoms with van der Waals surface area (Å²) in [4.78, 5) is 12.9. The van der Waals surface area contributed by atoms with E-state index in [1.54, 1.807) is 12.1 Å². The smallest absolute Gasteiger partial charge is 0.263 e. The number of benzene rings is 2. The average molecular weight is 403 g/mol. The number of ether oxygens (including phenoxy) is 1. The van der Waals surface area contributed by atoms with Crippen molar-refractivity contribution in [2.75, 3.05) is 17.1 Å². The van der Waals surface area contributed by atoms with Gasteiger partial charge in [0.25, 0.3) is 5.91 Å². The van der Waals surface area contributed by atoms with Gasteiger partial charge in [-0.3, -0.25) is 9.10 Å². The van der Waals surface area contributed by atoms with Crippen molar-refractivity contribution in [3.63, 3.8) is 0 Å². The first-order chi connectivity index (χ1) is 13.1. The Morgan fingerprint density at radius 2 is 1.79 bits per heavy atom. The summed E-state index contributed by atoms with van der Waals surface area (Å²) in [5.41, 5.74) is 4.61. The molecule has 0 bridgehead atoms. The molecule has 0 aromatic heterocycles. The molecule has 2 atom stereocenters. The molecule has 0 saturated heterocycles. The van der Waals surface area contributed by atoms with Crippen LogP contribution < -0.4 is 14.4 Å². The van der Waals surface area contributed by atoms with Crippen LogP contribution in [0, 0.1) is 20.8 Å². The maximum Gasteiger partial charge on any atom is 0.263 e. The molecule has 1 aliphatic heterocycles. The van der Waals surface area contributed by atoms with Crippen molar-refractivity contribution < 1.29 is 17.9 Å². The molecule has 28 heavy (non-hydrogen) atoms. The molecule has 150 valence electrons. The fraction of sp³-hybridized carbons (Fsp3) is 0.381. The summed E-state index contributed by atoms with van der Waals surface area (Å²) in [6, 6.07) is 11.2. The lowest BCUT2D eigenvalue weighted by Gasteiger charge is -2.34. The normalized spacial score (nSPS) is 17.5. The summed E-state index contributed by atoms with van der Waals surface area (Å²) in [6.45, 7) is 7.74. The van der Waals surface area contributed by atoms with Gasteiger partial charge in [-0.15, -0.1) is 0 Å². The Morgan fingerprint density at radius 1 is 1.14 bits per heavy atom. The van der Waals surface area contributed by atoms with Gasteiger partial charge in [0, 0.05) is 0 Å². The van der Waals surface area contributed by atoms with Gasteiger partial charge in [0.15, 0.2) is 6.10 Å². The van der Waals surface area contributed by atoms with Crippen LogP contribution in [-0.4, -0.2) is 33.2 Å². The Hall–Kier alpha value is -2.54. The molecule has 1 aliphatic rings. The Labute approximate surface area is 166 Å². The van der Waals surface area contributed by atoms with Crippen LogP contribution in [0.2, 0.25) is 0 Å². The standard InChI is InChI=1S/C21H26N2O4S/c1-13-6-8-15(3)17(10-13)16(4)22-21(24)20-12-23(28(5,25)26)18-11-14(2)7-9-19(18)27-20/h6-11,16,20H,12H2,1-5H3,(H,22,24)/t16-,20-/m1/s1. The van der Waals surface area contributed by atoms with Gasteiger partial charge >= 0.3 is 0 Å². The van der Waals surface area contributed by atoms with Crippen LogP contribution in [0.25, 0.3) is 0 Å². The number of hydrogen-bond donors (Lipinski definition) is 1. The van der Waals surface area contributed by atoms with Crippen molar-refractivity contribution in [3.8, 4) is 5.75 Å². The third kappa shape index (κ3) is 4.14. The second-order valence-corrected chi connectivity index (χ2v) is 9.37. The molecule has 3 rings (SSSR count). The van der Waals surface area contributed by atoms with Gasteiger partial charge in [0.1, 0.15) is 5.75 Å². The van der Waals surface area contributed by atoms with Crippen LogP contribution in [0.15, 0.2) is 36.4 Å². The zero-order valence-electron chi connectivity index (χ0n) is 16.8. The molecule has 0 fully saturated rings. The molecular formula is C21H26N2O4S. The van der Waals surface area contributed by atoms with E-state index in [-0.39, 0.29) is 18.5 Å². The number of anilines is 1. The first-order valence-corrected chi connectivity index (χ1v) is 11.0. The monoisotopic (exact) mass is 402 g/mol. The first-order valence-electron chi connectivity index (χ1n) is 9.19. The van der Waals surface area contributed by atoms with Crippen LogP contribution in [0.4, 0.5) is 5.69 Å². The third-order valence-corrected chi connectivity index (χ3v) is 6.08. The molecule has 1 N–H and O–H groups in total. The summed E-state index contributed by atoms with van der Waals surface area (Å²) in [5.74, 6) is 0.0510. The molecule has 7 heteroatoms. The van der Waals surface area contributed by atoms with E-state index in [0.717, 1.165) is 28.5 Å². The van der Waals surface area contributed by atoms with Gasteiger partial charge in [-0.25, -0.2) is 8.42 Å². The summed E-state index contributed by atoms with van der Waals surface area (Å²) in [5, 5.41) is 2.96. The van der Waals surface area contributed by atoms with E-state index < -0.39 is 16.1 Å². The van der Waals surface area contributed by atoms with Gasteiger partial charge in [0.2, 0.25) is 10.0 Å². The van der Waals surface area contributed by atoms with Gasteiger partial charge in [-0.1, -0.05) is 29.8 Å². The van der Waals surface area contributed by atoms with Gasteiger partial charge in [0.05, 0.1) is 24.5 Å². The maximum absolute atomic E-state index is 12.9. The number of carbonyl (C=O) groups excluding carboxylic acids is 1. The highest BCUT2D eigenvalue weighted by molar-refractivity contribution is 7.92. The number of rotatable bonds is 4. The highest BCUT2D eigenvalue weighted by Crippen LogP contribution is 2.36. The van der Waals surface area contributed by atoms with E-state index in [2.05, 4.69) is 5.32 Å². The highest BCUT2D eigenvalue weighted by atomic mass is 32.2. The second kappa shape index (κ2) is 7.47. The van der Waals surface area contributed by atoms with Gasteiger partial charge < -0.3 is 10.1 Å². The largest absolute Gasteiger partial charge is 0.476 e. The number of nitrogens with zero attached hydrogens (tertiary/aromatic N) is 1. The average Bonchev–Trinajstić information content (AvgIpc) is 2.61. The zero-order chi connectivity index (χ0) is 20.6. The quantitative estimate of drug-likeness (QED) is 0.853. The van der Waals surface area contributed by atoms with Gasteiger partial charge in [-0.2, -0.15) is 0 Å². The van der Waals surface area contributed by atoms with E-state index in [4.69, 9.17) is 4.74 Å². The lowest BCUT2D eigenvalue weighted by Crippen LogP contribution is -2.50. The van der Waals surface area contributed by atoms with Crippen LogP contribution in [0.5, 0.6) is 5.75 Å². The van der Waals surface area contributed by atoms with Crippen LogP contribution >= 0.6 is 0 Å². The predicted molar refractivity (Wildman–Crippen MR) is 110 cm³/mol. The summed E-state index contributed by atoms with van der Waals surface area (Å²) in [7, 11) is -3.54. The minimum Gasteiger partial charge on any atom is -0.476 e. The zero-order valence-corrected chi connectivity index (χ0v) is 17.6. The lowest BCUT2D eigenvalue weighted by atomic mass is 10.00. The van der Waals surface area contributed by atoms with Crippen molar-refractivity contribution in [2.45, 2.75) is 39.8 Å². The maximum atomic E-state index is 12.9. The molecule has 0 spiro atoms. The molecule has 2 aromatic rings. The van der Waals surface area contributed by atoms with Crippen molar-refractivity contribution in [3.05, 3.63) is 58.7 Å². The number of aryl methyl sites for hydroxylation is 3. The molecule has 0 saturated carbocycles. The predicted octanol–water partition coefficient (Wildman–Crippen LogP) is 3.02. The van der Waals surface area contributed by atoms with Crippen molar-refractivity contribution in [2.24, 2.45) is 0 Å². The SMILES string of the molecule is Cc1ccc(C)c([C@@H](C)NC(=O)[C@H]2CN(S(C)(=O)=O)c3cc(C)ccc3O2)c1. The van der Waals surface area contributed by atoms with E-state index in [1.165, 1.54) is 4.31 Å². The molecule has 1 heterocycles. The molecule has 0 unspecified atom stereocenters. The van der Waals surface area contributed by atoms with E-state index in [0.29, 0.717) is 11.4 Å². The molecule has 1 amide bonds. The Morgan fingerprint density at radius 3 is 2.46 bits per heavy atom. The topological polar surface area (TPSA) is 75.7 Å². The number of fused-ring (bicyclic) bond motifs is 1. The molecule has 0 aliphatic carbocycles. The molecule has 2 aromatic carbocycles. The van der Waals surface area contributed by atoms with E-state index in [1.807, 2.05) is 52.0 Å². The fourth-order valence-corrected chi connectivity index (χ4v) is 4.33. The number of amides is 1. The van der Waals surface area contributed by atoms with Crippen LogP contribution in [0.1, 0.15) is 35.2 Å². The number of sulfonamides is 1. The molecule has 6 nitrogen and oxygen atoms in total. The lowest BCUT2D eigenvalue weighted by molar-refractivity contribution is -0.128. The summed E-state index contributed by atoms with van der Waals surface area (Å²) < 4.78 is 31.7. The molecule has 0 radical (unpaired) electrons. The van der Waals surface area contributed by atoms with E-state index in [9.17, 15) is 13.2 Å². The number of nitrogens with one attached hydrogen (secondary N) is 1. The third-order valence-electron chi connectivity index (χ3n) is 4.94. The van der Waals surface area contributed by atoms with Gasteiger partial charge in [-0.05, 0) is 56.5 Å². The van der Waals surface area contributed by atoms with Crippen molar-refractivity contribution in [1.82, 2.24) is 5.32 Å². The summed E-state index contributed by atoms with van der Waals surface area (Å²) in [6.07, 6.45) is 0.218. The first kappa shape index (κ1) is 20.2. The summed E-state index contributed by atoms with van der Waals surface area (Å²) >= 11 is 0. The second-order valence-electron chi connectivity index (χ2n) is 7.46. The van der Waals surface area contributed by atoms with Crippen molar-refractivity contribution >= 4 is 21.6 Å². The minimum atomic E-state index is -3.54. The van der Waals surface area contributed by atoms with Crippen LogP contribution in [-0.2, 0) is 14.8 Å². The number of hydrogen-bond acceptors (Lipinski definition) is 4. The van der Waals surface area contributed by atoms with Crippen molar-refractivity contribution in [1.29, 1.82) is 0 Å². The number of carbonyl (C=O) groups is 1. The Balaban J connectivity index is 1.84. The van der Waals surface area contributed by atoms with Crippen LogP contribution in [0.3, 0.4) is 0 Å². The Bertz CT molecular complexity index is 1020. The fourth-order valence-electron chi connectivity index (χ4n) is 3.42. The molecular weight excluding hydrogens is 376 g/mol.